The smallest absolute Gasteiger partial charge is 0.0247 e. The van der Waals surface area contributed by atoms with Gasteiger partial charge in [-0.3, -0.25) is 0 Å². The Hall–Kier alpha value is -0.820. The summed E-state index contributed by atoms with van der Waals surface area (Å²) in [4.78, 5) is 0. The van der Waals surface area contributed by atoms with Crippen LogP contribution in [0.4, 0.5) is 0 Å². The van der Waals surface area contributed by atoms with E-state index in [2.05, 4.69) is 45.9 Å². The minimum absolute atomic E-state index is 0.0379. The molecule has 1 aromatic carbocycles. The second-order valence-corrected chi connectivity index (χ2v) is 6.85. The fraction of sp³-hybridized carbons (Fsp3) is 0.647. The Kier molecular flexibility index (Phi) is 3.55. The van der Waals surface area contributed by atoms with Crippen LogP contribution in [-0.4, -0.2) is 5.54 Å². The molecule has 0 spiro atoms. The first-order valence-electron chi connectivity index (χ1n) is 7.19. The Bertz CT molecular complexity index is 433. The normalized spacial score (nSPS) is 27.2. The number of hydrogen-bond acceptors (Lipinski definition) is 1. The maximum atomic E-state index is 6.79. The lowest BCUT2D eigenvalue weighted by Crippen LogP contribution is -2.56. The van der Waals surface area contributed by atoms with E-state index >= 15 is 0 Å². The van der Waals surface area contributed by atoms with Crippen LogP contribution in [0.25, 0.3) is 0 Å². The van der Waals surface area contributed by atoms with Crippen LogP contribution >= 0.6 is 0 Å². The first-order valence-corrected chi connectivity index (χ1v) is 7.19. The lowest BCUT2D eigenvalue weighted by Gasteiger charge is -2.48. The van der Waals surface area contributed by atoms with Crippen molar-refractivity contribution in [2.45, 2.75) is 65.3 Å². The lowest BCUT2D eigenvalue weighted by atomic mass is 9.61. The van der Waals surface area contributed by atoms with Crippen molar-refractivity contribution >= 4 is 0 Å². The maximum Gasteiger partial charge on any atom is 0.0247 e. The molecule has 100 valence electrons. The first kappa shape index (κ1) is 13.6. The van der Waals surface area contributed by atoms with Crippen molar-refractivity contribution in [3.05, 3.63) is 34.9 Å². The summed E-state index contributed by atoms with van der Waals surface area (Å²) in [6, 6.07) is 6.73. The number of hydrogen-bond donors (Lipinski definition) is 1. The molecule has 2 rings (SSSR count). The van der Waals surface area contributed by atoms with Gasteiger partial charge < -0.3 is 5.73 Å². The Morgan fingerprint density at radius 2 is 1.78 bits per heavy atom. The fourth-order valence-corrected chi connectivity index (χ4v) is 3.25. The Balaban J connectivity index is 2.28. The molecule has 1 fully saturated rings. The van der Waals surface area contributed by atoms with Gasteiger partial charge in [0.15, 0.2) is 0 Å². The fourth-order valence-electron chi connectivity index (χ4n) is 3.25. The van der Waals surface area contributed by atoms with Crippen LogP contribution in [0.3, 0.4) is 0 Å². The molecule has 0 bridgehead atoms. The average Bonchev–Trinajstić information content (AvgIpc) is 2.28. The summed E-state index contributed by atoms with van der Waals surface area (Å²) in [7, 11) is 0. The van der Waals surface area contributed by atoms with E-state index < -0.39 is 0 Å². The number of rotatable bonds is 2. The van der Waals surface area contributed by atoms with Crippen molar-refractivity contribution in [3.8, 4) is 0 Å². The number of benzene rings is 1. The van der Waals surface area contributed by atoms with E-state index in [1.165, 1.54) is 36.0 Å². The van der Waals surface area contributed by atoms with Crippen molar-refractivity contribution in [2.75, 3.05) is 0 Å². The first-order chi connectivity index (χ1) is 8.34. The van der Waals surface area contributed by atoms with Crippen LogP contribution in [-0.2, 0) is 6.42 Å². The Morgan fingerprint density at radius 3 is 2.44 bits per heavy atom. The minimum Gasteiger partial charge on any atom is -0.324 e. The van der Waals surface area contributed by atoms with Gasteiger partial charge >= 0.3 is 0 Å². The highest BCUT2D eigenvalue weighted by Gasteiger charge is 2.43. The summed E-state index contributed by atoms with van der Waals surface area (Å²) in [5.74, 6) is 0. The monoisotopic (exact) mass is 245 g/mol. The van der Waals surface area contributed by atoms with Gasteiger partial charge in [-0.15, -0.1) is 0 Å². The van der Waals surface area contributed by atoms with Crippen LogP contribution in [0, 0.1) is 19.3 Å². The van der Waals surface area contributed by atoms with Gasteiger partial charge in [0.05, 0.1) is 0 Å². The van der Waals surface area contributed by atoms with Gasteiger partial charge in [-0.1, -0.05) is 50.5 Å². The topological polar surface area (TPSA) is 26.0 Å². The predicted octanol–water partition coefficient (Wildman–Crippen LogP) is 4.14. The third-order valence-electron chi connectivity index (χ3n) is 5.03. The number of nitrogens with two attached hydrogens (primary N) is 1. The summed E-state index contributed by atoms with van der Waals surface area (Å²) >= 11 is 0. The molecule has 0 saturated heterocycles. The standard InChI is InChI=1S/C17H27N/c1-13-7-8-14(2)15(11-13)12-17(18)10-6-5-9-16(17,3)4/h7-8,11H,5-6,9-10,12,18H2,1-4H3. The zero-order valence-electron chi connectivity index (χ0n) is 12.3. The van der Waals surface area contributed by atoms with Crippen LogP contribution in [0.15, 0.2) is 18.2 Å². The van der Waals surface area contributed by atoms with Crippen molar-refractivity contribution in [2.24, 2.45) is 11.1 Å². The zero-order chi connectivity index (χ0) is 13.4. The van der Waals surface area contributed by atoms with E-state index in [0.717, 1.165) is 12.8 Å². The molecule has 1 aliphatic carbocycles. The molecule has 1 saturated carbocycles. The summed E-state index contributed by atoms with van der Waals surface area (Å²) in [5.41, 5.74) is 11.2. The molecule has 1 atom stereocenters. The molecular formula is C17H27N. The molecule has 1 unspecified atom stereocenters. The minimum atomic E-state index is -0.0379. The van der Waals surface area contributed by atoms with Gasteiger partial charge in [-0.05, 0) is 49.7 Å². The second-order valence-electron chi connectivity index (χ2n) is 6.85. The Morgan fingerprint density at radius 1 is 1.11 bits per heavy atom. The molecule has 1 aliphatic rings. The van der Waals surface area contributed by atoms with Crippen molar-refractivity contribution < 1.29 is 0 Å². The van der Waals surface area contributed by atoms with Gasteiger partial charge in [0.2, 0.25) is 0 Å². The molecule has 0 radical (unpaired) electrons. The predicted molar refractivity (Wildman–Crippen MR) is 78.8 cm³/mol. The quantitative estimate of drug-likeness (QED) is 0.832. The second kappa shape index (κ2) is 4.70. The van der Waals surface area contributed by atoms with Gasteiger partial charge in [-0.25, -0.2) is 0 Å². The summed E-state index contributed by atoms with van der Waals surface area (Å²) < 4.78 is 0. The van der Waals surface area contributed by atoms with Gasteiger partial charge in [0.25, 0.3) is 0 Å². The molecule has 2 N–H and O–H groups in total. The SMILES string of the molecule is Cc1ccc(C)c(CC2(N)CCCCC2(C)C)c1. The van der Waals surface area contributed by atoms with Gasteiger partial charge in [-0.2, -0.15) is 0 Å². The van der Waals surface area contributed by atoms with E-state index in [4.69, 9.17) is 5.73 Å². The molecular weight excluding hydrogens is 218 g/mol. The molecule has 0 aromatic heterocycles. The van der Waals surface area contributed by atoms with E-state index in [0.29, 0.717) is 0 Å². The molecule has 1 aromatic rings. The molecule has 0 heterocycles. The van der Waals surface area contributed by atoms with Crippen LogP contribution in [0.5, 0.6) is 0 Å². The summed E-state index contributed by atoms with van der Waals surface area (Å²) in [5, 5.41) is 0. The van der Waals surface area contributed by atoms with Gasteiger partial charge in [0.1, 0.15) is 0 Å². The molecule has 0 aliphatic heterocycles. The largest absolute Gasteiger partial charge is 0.324 e. The third-order valence-corrected chi connectivity index (χ3v) is 5.03. The van der Waals surface area contributed by atoms with Crippen LogP contribution in [0.2, 0.25) is 0 Å². The van der Waals surface area contributed by atoms with E-state index in [1.807, 2.05) is 0 Å². The molecule has 1 nitrogen and oxygen atoms in total. The highest BCUT2D eigenvalue weighted by molar-refractivity contribution is 5.32. The van der Waals surface area contributed by atoms with Crippen molar-refractivity contribution in [3.63, 3.8) is 0 Å². The molecule has 1 heteroatoms. The van der Waals surface area contributed by atoms with Crippen molar-refractivity contribution in [1.82, 2.24) is 0 Å². The highest BCUT2D eigenvalue weighted by Crippen LogP contribution is 2.44. The molecule has 0 amide bonds. The van der Waals surface area contributed by atoms with E-state index in [1.54, 1.807) is 0 Å². The number of aryl methyl sites for hydroxylation is 2. The van der Waals surface area contributed by atoms with Crippen LogP contribution in [0.1, 0.15) is 56.2 Å². The highest BCUT2D eigenvalue weighted by atomic mass is 14.8. The lowest BCUT2D eigenvalue weighted by molar-refractivity contribution is 0.0989. The summed E-state index contributed by atoms with van der Waals surface area (Å²) in [6.45, 7) is 9.06. The average molecular weight is 245 g/mol. The third kappa shape index (κ3) is 2.47. The van der Waals surface area contributed by atoms with E-state index in [-0.39, 0.29) is 11.0 Å². The Labute approximate surface area is 112 Å². The van der Waals surface area contributed by atoms with Crippen LogP contribution < -0.4 is 5.73 Å². The van der Waals surface area contributed by atoms with Gasteiger partial charge in [0, 0.05) is 5.54 Å². The van der Waals surface area contributed by atoms with Crippen molar-refractivity contribution in [1.29, 1.82) is 0 Å². The summed E-state index contributed by atoms with van der Waals surface area (Å²) in [6.07, 6.45) is 6.05. The molecule has 18 heavy (non-hydrogen) atoms. The zero-order valence-corrected chi connectivity index (χ0v) is 12.3. The maximum absolute atomic E-state index is 6.79. The van der Waals surface area contributed by atoms with E-state index in [9.17, 15) is 0 Å².